The highest BCUT2D eigenvalue weighted by atomic mass is 32.2. The summed E-state index contributed by atoms with van der Waals surface area (Å²) in [4.78, 5) is 24.7. The predicted octanol–water partition coefficient (Wildman–Crippen LogP) is 7.03. The first-order chi connectivity index (χ1) is 17.5. The van der Waals surface area contributed by atoms with Gasteiger partial charge in [-0.05, 0) is 48.2 Å². The van der Waals surface area contributed by atoms with Crippen LogP contribution in [-0.4, -0.2) is 25.2 Å². The molecule has 0 amide bonds. The molecule has 0 heterocycles. The summed E-state index contributed by atoms with van der Waals surface area (Å²) in [5, 5.41) is 19.2. The number of rotatable bonds is 14. The van der Waals surface area contributed by atoms with Gasteiger partial charge >= 0.3 is 11.9 Å². The molecule has 0 atom stereocenters. The van der Waals surface area contributed by atoms with Crippen molar-refractivity contribution >= 4 is 35.5 Å². The fourth-order valence-corrected chi connectivity index (χ4v) is 4.71. The van der Waals surface area contributed by atoms with Crippen LogP contribution in [0, 0.1) is 22.7 Å². The van der Waals surface area contributed by atoms with Crippen LogP contribution >= 0.6 is 23.5 Å². The van der Waals surface area contributed by atoms with Crippen molar-refractivity contribution < 1.29 is 19.1 Å². The van der Waals surface area contributed by atoms with Crippen molar-refractivity contribution in [1.29, 1.82) is 10.5 Å². The van der Waals surface area contributed by atoms with E-state index in [4.69, 9.17) is 9.47 Å². The number of hydrogen-bond acceptors (Lipinski definition) is 8. The van der Waals surface area contributed by atoms with Crippen LogP contribution < -0.4 is 0 Å². The average molecular weight is 523 g/mol. The van der Waals surface area contributed by atoms with Gasteiger partial charge in [0.25, 0.3) is 0 Å². The molecule has 0 bridgehead atoms. The summed E-state index contributed by atoms with van der Waals surface area (Å²) in [5.41, 5.74) is 2.84. The standard InChI is InChI=1S/C28H30N2O4S2/c1-3-5-15-33-27(31)23-11-7-21(8-12-23)19-35-25(17-29)26(18-30)36-20-22-9-13-24(14-10-22)28(32)34-16-6-4-2/h7-14H,3-6,15-16,19-20H2,1-2H3/b26-25-. The third-order valence-electron chi connectivity index (χ3n) is 5.02. The third-order valence-corrected chi connectivity index (χ3v) is 7.27. The maximum Gasteiger partial charge on any atom is 0.338 e. The molecule has 2 rings (SSSR count). The lowest BCUT2D eigenvalue weighted by molar-refractivity contribution is 0.0490. The summed E-state index contributed by atoms with van der Waals surface area (Å²) < 4.78 is 10.4. The van der Waals surface area contributed by atoms with Crippen LogP contribution in [0.2, 0.25) is 0 Å². The van der Waals surface area contributed by atoms with E-state index in [-0.39, 0.29) is 11.9 Å². The Hall–Kier alpha value is -3.20. The zero-order valence-corrected chi connectivity index (χ0v) is 22.3. The van der Waals surface area contributed by atoms with Crippen LogP contribution in [-0.2, 0) is 21.0 Å². The fourth-order valence-electron chi connectivity index (χ4n) is 2.87. The molecule has 0 aliphatic carbocycles. The predicted molar refractivity (Wildman–Crippen MR) is 144 cm³/mol. The molecule has 0 N–H and O–H groups in total. The number of carbonyl (C=O) groups is 2. The Kier molecular flexibility index (Phi) is 13.3. The molecule has 6 nitrogen and oxygen atoms in total. The van der Waals surface area contributed by atoms with Gasteiger partial charge in [0.05, 0.1) is 24.3 Å². The first kappa shape index (κ1) is 29.0. The van der Waals surface area contributed by atoms with Crippen LogP contribution in [0.1, 0.15) is 71.4 Å². The van der Waals surface area contributed by atoms with Crippen LogP contribution in [0.3, 0.4) is 0 Å². The molecule has 2 aromatic rings. The number of unbranched alkanes of at least 4 members (excludes halogenated alkanes) is 2. The molecule has 0 aliphatic rings. The molecule has 0 radical (unpaired) electrons. The molecule has 0 spiro atoms. The van der Waals surface area contributed by atoms with Crippen molar-refractivity contribution in [3.05, 3.63) is 80.6 Å². The molecule has 0 fully saturated rings. The zero-order chi connectivity index (χ0) is 26.2. The number of hydrogen-bond donors (Lipinski definition) is 0. The van der Waals surface area contributed by atoms with Gasteiger partial charge in [0.1, 0.15) is 21.9 Å². The van der Waals surface area contributed by atoms with E-state index in [2.05, 4.69) is 12.1 Å². The molecule has 0 unspecified atom stereocenters. The minimum absolute atomic E-state index is 0.343. The Morgan fingerprint density at radius 1 is 0.694 bits per heavy atom. The van der Waals surface area contributed by atoms with E-state index in [1.807, 2.05) is 38.1 Å². The van der Waals surface area contributed by atoms with Crippen molar-refractivity contribution in [1.82, 2.24) is 0 Å². The van der Waals surface area contributed by atoms with Crippen LogP contribution in [0.15, 0.2) is 58.3 Å². The Balaban J connectivity index is 1.92. The highest BCUT2D eigenvalue weighted by Crippen LogP contribution is 2.31. The molecule has 36 heavy (non-hydrogen) atoms. The number of carbonyl (C=O) groups excluding carboxylic acids is 2. The minimum Gasteiger partial charge on any atom is -0.462 e. The van der Waals surface area contributed by atoms with Crippen LogP contribution in [0.4, 0.5) is 0 Å². The molecule has 0 aliphatic heterocycles. The summed E-state index contributed by atoms with van der Waals surface area (Å²) in [6.07, 6.45) is 3.59. The van der Waals surface area contributed by atoms with E-state index in [0.29, 0.717) is 45.7 Å². The Morgan fingerprint density at radius 2 is 1.06 bits per heavy atom. The summed E-state index contributed by atoms with van der Waals surface area (Å²) in [7, 11) is 0. The lowest BCUT2D eigenvalue weighted by Gasteiger charge is -2.07. The summed E-state index contributed by atoms with van der Waals surface area (Å²) in [6, 6.07) is 18.4. The van der Waals surface area contributed by atoms with Crippen molar-refractivity contribution in [3.63, 3.8) is 0 Å². The highest BCUT2D eigenvalue weighted by molar-refractivity contribution is 8.06. The first-order valence-electron chi connectivity index (χ1n) is 11.8. The zero-order valence-electron chi connectivity index (χ0n) is 20.6. The largest absolute Gasteiger partial charge is 0.462 e. The normalized spacial score (nSPS) is 11.1. The highest BCUT2D eigenvalue weighted by Gasteiger charge is 2.12. The molecule has 8 heteroatoms. The SMILES string of the molecule is CCCCOC(=O)c1ccc(CS/C(C#N)=C(/C#N)SCc2ccc(C(=O)OCCCC)cc2)cc1. The van der Waals surface area contributed by atoms with E-state index in [1.165, 1.54) is 23.5 Å². The quantitative estimate of drug-likeness (QED) is 0.148. The fraction of sp³-hybridized carbons (Fsp3) is 0.357. The maximum absolute atomic E-state index is 12.0. The van der Waals surface area contributed by atoms with Crippen molar-refractivity contribution in [3.8, 4) is 12.1 Å². The van der Waals surface area contributed by atoms with Gasteiger partial charge in [-0.25, -0.2) is 9.59 Å². The van der Waals surface area contributed by atoms with E-state index in [0.717, 1.165) is 36.8 Å². The molecule has 188 valence electrons. The first-order valence-corrected chi connectivity index (χ1v) is 13.8. The second-order valence-electron chi connectivity index (χ2n) is 7.83. The van der Waals surface area contributed by atoms with Gasteiger partial charge in [-0.3, -0.25) is 0 Å². The lowest BCUT2D eigenvalue weighted by Crippen LogP contribution is -2.06. The number of thioether (sulfide) groups is 2. The monoisotopic (exact) mass is 522 g/mol. The van der Waals surface area contributed by atoms with Gasteiger partial charge in [-0.15, -0.1) is 23.5 Å². The molecule has 2 aromatic carbocycles. The molecule has 0 aromatic heterocycles. The van der Waals surface area contributed by atoms with Crippen molar-refractivity contribution in [2.24, 2.45) is 0 Å². The third kappa shape index (κ3) is 9.81. The number of benzene rings is 2. The van der Waals surface area contributed by atoms with E-state index in [1.54, 1.807) is 24.3 Å². The minimum atomic E-state index is -0.343. The van der Waals surface area contributed by atoms with Crippen molar-refractivity contribution in [2.75, 3.05) is 13.2 Å². The van der Waals surface area contributed by atoms with Crippen LogP contribution in [0.5, 0.6) is 0 Å². The van der Waals surface area contributed by atoms with E-state index in [9.17, 15) is 20.1 Å². The number of ether oxygens (including phenoxy) is 2. The lowest BCUT2D eigenvalue weighted by atomic mass is 10.1. The summed E-state index contributed by atoms with van der Waals surface area (Å²) in [5.74, 6) is 0.304. The van der Waals surface area contributed by atoms with E-state index < -0.39 is 0 Å². The number of esters is 2. The van der Waals surface area contributed by atoms with Gasteiger partial charge in [0.2, 0.25) is 0 Å². The van der Waals surface area contributed by atoms with Gasteiger partial charge in [0.15, 0.2) is 0 Å². The van der Waals surface area contributed by atoms with Gasteiger partial charge in [-0.1, -0.05) is 51.0 Å². The van der Waals surface area contributed by atoms with Crippen LogP contribution in [0.25, 0.3) is 0 Å². The van der Waals surface area contributed by atoms with Gasteiger partial charge < -0.3 is 9.47 Å². The maximum atomic E-state index is 12.0. The Morgan fingerprint density at radius 3 is 1.36 bits per heavy atom. The second kappa shape index (κ2) is 16.5. The topological polar surface area (TPSA) is 100 Å². The number of nitrogens with zero attached hydrogens (tertiary/aromatic N) is 2. The average Bonchev–Trinajstić information content (AvgIpc) is 2.91. The number of allylic oxidation sites excluding steroid dienone is 2. The van der Waals surface area contributed by atoms with Gasteiger partial charge in [-0.2, -0.15) is 10.5 Å². The second-order valence-corrected chi connectivity index (χ2v) is 9.80. The smallest absolute Gasteiger partial charge is 0.338 e. The summed E-state index contributed by atoms with van der Waals surface area (Å²) >= 11 is 2.57. The Labute approximate surface area is 221 Å². The Bertz CT molecular complexity index is 1020. The molecular weight excluding hydrogens is 492 g/mol. The van der Waals surface area contributed by atoms with E-state index >= 15 is 0 Å². The molecule has 0 saturated heterocycles. The molecular formula is C28H30N2O4S2. The number of nitriles is 2. The summed E-state index contributed by atoms with van der Waals surface area (Å²) in [6.45, 7) is 4.89. The van der Waals surface area contributed by atoms with Gasteiger partial charge in [0, 0.05) is 11.5 Å². The van der Waals surface area contributed by atoms with Crippen molar-refractivity contribution in [2.45, 2.75) is 51.0 Å². The molecule has 0 saturated carbocycles.